The molecule has 2 fully saturated rings. The summed E-state index contributed by atoms with van der Waals surface area (Å²) in [6.45, 7) is 9.82. The molecule has 2 saturated heterocycles. The van der Waals surface area contributed by atoms with E-state index in [4.69, 9.17) is 9.52 Å². The van der Waals surface area contributed by atoms with Crippen LogP contribution >= 0.6 is 0 Å². The number of sulfone groups is 1. The first kappa shape index (κ1) is 19.2. The largest absolute Gasteiger partial charge is 0.361 e. The Morgan fingerprint density at radius 3 is 2.73 bits per heavy atom. The van der Waals surface area contributed by atoms with Gasteiger partial charge in [0, 0.05) is 51.9 Å². The van der Waals surface area contributed by atoms with Crippen molar-refractivity contribution in [3.8, 4) is 0 Å². The minimum atomic E-state index is -2.84. The highest BCUT2D eigenvalue weighted by Crippen LogP contribution is 2.18. The Hall–Kier alpha value is -1.61. The highest BCUT2D eigenvalue weighted by atomic mass is 32.2. The van der Waals surface area contributed by atoms with Crippen LogP contribution in [-0.4, -0.2) is 80.1 Å². The van der Waals surface area contributed by atoms with Crippen LogP contribution in [-0.2, 0) is 16.4 Å². The molecule has 1 N–H and O–H groups in total. The van der Waals surface area contributed by atoms with Crippen molar-refractivity contribution in [2.45, 2.75) is 26.8 Å². The zero-order valence-corrected chi connectivity index (χ0v) is 16.5. The molecule has 3 rings (SSSR count). The Kier molecular flexibility index (Phi) is 6.18. The summed E-state index contributed by atoms with van der Waals surface area (Å²) >= 11 is 0. The Bertz CT molecular complexity index is 723. The lowest BCUT2D eigenvalue weighted by Gasteiger charge is -2.36. The minimum absolute atomic E-state index is 0.158. The predicted molar refractivity (Wildman–Crippen MR) is 101 cm³/mol. The van der Waals surface area contributed by atoms with E-state index in [0.717, 1.165) is 63.1 Å². The van der Waals surface area contributed by atoms with Gasteiger partial charge in [-0.05, 0) is 26.2 Å². The van der Waals surface area contributed by atoms with Crippen molar-refractivity contribution in [3.63, 3.8) is 0 Å². The van der Waals surface area contributed by atoms with Gasteiger partial charge in [0.25, 0.3) is 0 Å². The molecule has 0 aromatic carbocycles. The zero-order chi connectivity index (χ0) is 18.6. The van der Waals surface area contributed by atoms with Gasteiger partial charge >= 0.3 is 0 Å². The third-order valence-corrected chi connectivity index (χ3v) is 6.73. The molecule has 1 atom stereocenters. The molecule has 9 heteroatoms. The molecular formula is C17H29N5O3S. The van der Waals surface area contributed by atoms with Gasteiger partial charge in [0.1, 0.15) is 5.76 Å². The van der Waals surface area contributed by atoms with Crippen molar-refractivity contribution in [2.75, 3.05) is 50.8 Å². The highest BCUT2D eigenvalue weighted by molar-refractivity contribution is 7.91. The van der Waals surface area contributed by atoms with E-state index in [1.165, 1.54) is 0 Å². The van der Waals surface area contributed by atoms with Gasteiger partial charge < -0.3 is 14.7 Å². The summed E-state index contributed by atoms with van der Waals surface area (Å²) < 4.78 is 28.4. The molecule has 0 saturated carbocycles. The smallest absolute Gasteiger partial charge is 0.194 e. The van der Waals surface area contributed by atoms with Crippen molar-refractivity contribution in [1.82, 2.24) is 20.3 Å². The van der Waals surface area contributed by atoms with Crippen molar-refractivity contribution in [3.05, 3.63) is 17.5 Å². The zero-order valence-electron chi connectivity index (χ0n) is 15.6. The quantitative estimate of drug-likeness (QED) is 0.585. The number of nitrogens with one attached hydrogen (secondary N) is 1. The second kappa shape index (κ2) is 8.39. The summed E-state index contributed by atoms with van der Waals surface area (Å²) in [7, 11) is -2.84. The average Bonchev–Trinajstić information content (AvgIpc) is 3.17. The van der Waals surface area contributed by atoms with Gasteiger partial charge in [-0.2, -0.15) is 0 Å². The summed E-state index contributed by atoms with van der Waals surface area (Å²) in [6, 6.07) is 1.98. The lowest BCUT2D eigenvalue weighted by Crippen LogP contribution is -2.52. The SMILES string of the molecule is CCNC(=NCC1CCS(=O)(=O)C1)N1CCN(Cc2cc(C)on2)CC1. The second-order valence-corrected chi connectivity index (χ2v) is 9.38. The van der Waals surface area contributed by atoms with E-state index >= 15 is 0 Å². The molecule has 2 aliphatic heterocycles. The summed E-state index contributed by atoms with van der Waals surface area (Å²) in [5, 5.41) is 7.41. The second-order valence-electron chi connectivity index (χ2n) is 7.16. The van der Waals surface area contributed by atoms with Crippen LogP contribution in [0, 0.1) is 12.8 Å². The number of aromatic nitrogens is 1. The van der Waals surface area contributed by atoms with Gasteiger partial charge in [-0.25, -0.2) is 8.42 Å². The molecule has 0 spiro atoms. The summed E-state index contributed by atoms with van der Waals surface area (Å²) in [5.74, 6) is 2.48. The first-order valence-corrected chi connectivity index (χ1v) is 11.2. The van der Waals surface area contributed by atoms with E-state index in [1.54, 1.807) is 0 Å². The number of guanidine groups is 1. The normalized spacial score (nSPS) is 24.2. The lowest BCUT2D eigenvalue weighted by atomic mass is 10.1. The van der Waals surface area contributed by atoms with E-state index in [2.05, 4.69) is 27.2 Å². The van der Waals surface area contributed by atoms with Crippen molar-refractivity contribution in [1.29, 1.82) is 0 Å². The fourth-order valence-corrected chi connectivity index (χ4v) is 5.35. The molecule has 3 heterocycles. The van der Waals surface area contributed by atoms with E-state index in [9.17, 15) is 8.42 Å². The number of hydrogen-bond acceptors (Lipinski definition) is 6. The van der Waals surface area contributed by atoms with Crippen LogP contribution in [0.4, 0.5) is 0 Å². The van der Waals surface area contributed by atoms with Crippen molar-refractivity contribution < 1.29 is 12.9 Å². The van der Waals surface area contributed by atoms with E-state index in [-0.39, 0.29) is 11.7 Å². The van der Waals surface area contributed by atoms with E-state index in [0.29, 0.717) is 12.3 Å². The highest BCUT2D eigenvalue weighted by Gasteiger charge is 2.28. The maximum absolute atomic E-state index is 11.6. The van der Waals surface area contributed by atoms with Crippen LogP contribution in [0.15, 0.2) is 15.6 Å². The van der Waals surface area contributed by atoms with Gasteiger partial charge in [-0.3, -0.25) is 9.89 Å². The first-order valence-electron chi connectivity index (χ1n) is 9.33. The van der Waals surface area contributed by atoms with E-state index < -0.39 is 9.84 Å². The number of nitrogens with zero attached hydrogens (tertiary/aromatic N) is 4. The van der Waals surface area contributed by atoms with Gasteiger partial charge in [0.15, 0.2) is 15.8 Å². The maximum Gasteiger partial charge on any atom is 0.194 e. The van der Waals surface area contributed by atoms with Gasteiger partial charge in [0.2, 0.25) is 0 Å². The van der Waals surface area contributed by atoms with Crippen LogP contribution < -0.4 is 5.32 Å². The lowest BCUT2D eigenvalue weighted by molar-refractivity contribution is 0.169. The molecule has 146 valence electrons. The van der Waals surface area contributed by atoms with Crippen LogP contribution in [0.25, 0.3) is 0 Å². The van der Waals surface area contributed by atoms with Crippen molar-refractivity contribution in [2.24, 2.45) is 10.9 Å². The average molecular weight is 384 g/mol. The molecule has 0 radical (unpaired) electrons. The minimum Gasteiger partial charge on any atom is -0.361 e. The predicted octanol–water partition coefficient (Wildman–Crippen LogP) is 0.501. The molecule has 26 heavy (non-hydrogen) atoms. The molecule has 1 unspecified atom stereocenters. The summed E-state index contributed by atoms with van der Waals surface area (Å²) in [6.07, 6.45) is 0.732. The molecular weight excluding hydrogens is 354 g/mol. The number of aryl methyl sites for hydroxylation is 1. The van der Waals surface area contributed by atoms with Crippen LogP contribution in [0.2, 0.25) is 0 Å². The van der Waals surface area contributed by atoms with Crippen LogP contribution in [0.5, 0.6) is 0 Å². The van der Waals surface area contributed by atoms with Crippen molar-refractivity contribution >= 4 is 15.8 Å². The molecule has 0 amide bonds. The third kappa shape index (κ3) is 5.20. The molecule has 0 aliphatic carbocycles. The van der Waals surface area contributed by atoms with Crippen LogP contribution in [0.1, 0.15) is 24.8 Å². The van der Waals surface area contributed by atoms with Gasteiger partial charge in [0.05, 0.1) is 17.2 Å². The number of rotatable bonds is 5. The molecule has 1 aromatic rings. The number of aliphatic imine (C=N–C) groups is 1. The monoisotopic (exact) mass is 383 g/mol. The standard InChI is InChI=1S/C17H29N5O3S/c1-3-18-17(19-11-15-4-9-26(23,24)13-15)22-7-5-21(6-8-22)12-16-10-14(2)25-20-16/h10,15H,3-9,11-13H2,1-2H3,(H,18,19). The Morgan fingerprint density at radius 2 is 2.15 bits per heavy atom. The third-order valence-electron chi connectivity index (χ3n) is 4.90. The Labute approximate surface area is 155 Å². The van der Waals surface area contributed by atoms with E-state index in [1.807, 2.05) is 13.0 Å². The molecule has 8 nitrogen and oxygen atoms in total. The molecule has 0 bridgehead atoms. The summed E-state index contributed by atoms with van der Waals surface area (Å²) in [4.78, 5) is 9.34. The first-order chi connectivity index (χ1) is 12.4. The number of hydrogen-bond donors (Lipinski definition) is 1. The fraction of sp³-hybridized carbons (Fsp3) is 0.765. The molecule has 2 aliphatic rings. The Balaban J connectivity index is 1.51. The molecule has 1 aromatic heterocycles. The Morgan fingerprint density at radius 1 is 1.38 bits per heavy atom. The maximum atomic E-state index is 11.6. The number of piperazine rings is 1. The van der Waals surface area contributed by atoms with Gasteiger partial charge in [-0.1, -0.05) is 5.16 Å². The van der Waals surface area contributed by atoms with Crippen LogP contribution in [0.3, 0.4) is 0 Å². The van der Waals surface area contributed by atoms with Gasteiger partial charge in [-0.15, -0.1) is 0 Å². The fourth-order valence-electron chi connectivity index (χ4n) is 3.50. The summed E-state index contributed by atoms with van der Waals surface area (Å²) in [5.41, 5.74) is 0.971. The topological polar surface area (TPSA) is 91.0 Å².